The van der Waals surface area contributed by atoms with Crippen LogP contribution in [0.15, 0.2) is 23.6 Å². The molecule has 2 aliphatic heterocycles. The molecule has 1 amide bonds. The van der Waals surface area contributed by atoms with Gasteiger partial charge in [0.2, 0.25) is 0 Å². The van der Waals surface area contributed by atoms with Crippen LogP contribution in [0.4, 0.5) is 4.39 Å². The maximum atomic E-state index is 13.6. The van der Waals surface area contributed by atoms with Gasteiger partial charge in [0.25, 0.3) is 5.91 Å². The minimum Gasteiger partial charge on any atom is -0.348 e. The molecule has 1 aromatic carbocycles. The van der Waals surface area contributed by atoms with Gasteiger partial charge in [-0.3, -0.25) is 4.79 Å². The number of carbonyl (C=O) groups is 1. The van der Waals surface area contributed by atoms with E-state index in [4.69, 9.17) is 0 Å². The lowest BCUT2D eigenvalue weighted by molar-refractivity contribution is 0.0931. The second-order valence-electron chi connectivity index (χ2n) is 5.66. The fourth-order valence-corrected chi connectivity index (χ4v) is 4.16. The largest absolute Gasteiger partial charge is 0.348 e. The fourth-order valence-electron chi connectivity index (χ4n) is 3.37. The Labute approximate surface area is 120 Å². The molecule has 3 heterocycles. The molecular weight excluding hydrogens is 275 g/mol. The van der Waals surface area contributed by atoms with Crippen LogP contribution in [0.3, 0.4) is 0 Å². The highest BCUT2D eigenvalue weighted by Gasteiger charge is 2.39. The SMILES string of the molecule is O=C(N[C@@H]1C[C@H]2CC[C@@H]1N2)c1ccc2scc(F)c2c1. The van der Waals surface area contributed by atoms with E-state index in [1.165, 1.54) is 23.1 Å². The Bertz CT molecular complexity index is 684. The third kappa shape index (κ3) is 1.93. The number of halogens is 1. The van der Waals surface area contributed by atoms with Crippen LogP contribution < -0.4 is 10.6 Å². The zero-order valence-electron chi connectivity index (χ0n) is 10.9. The van der Waals surface area contributed by atoms with Crippen LogP contribution in [0.25, 0.3) is 10.1 Å². The van der Waals surface area contributed by atoms with Gasteiger partial charge in [-0.2, -0.15) is 0 Å². The van der Waals surface area contributed by atoms with Crippen LogP contribution >= 0.6 is 11.3 Å². The van der Waals surface area contributed by atoms with E-state index < -0.39 is 0 Å². The predicted molar refractivity (Wildman–Crippen MR) is 77.6 cm³/mol. The van der Waals surface area contributed by atoms with Crippen LogP contribution in [0.1, 0.15) is 29.6 Å². The molecule has 20 heavy (non-hydrogen) atoms. The van der Waals surface area contributed by atoms with E-state index in [1.54, 1.807) is 12.1 Å². The standard InChI is InChI=1S/C15H15FN2OS/c16-11-7-20-14-4-1-8(5-10(11)14)15(19)18-13-6-9-2-3-12(13)17-9/h1,4-5,7,9,12-13,17H,2-3,6H2,(H,18,19)/t9-,12+,13-/m1/s1. The Hall–Kier alpha value is -1.46. The van der Waals surface area contributed by atoms with E-state index in [0.29, 0.717) is 23.0 Å². The van der Waals surface area contributed by atoms with Crippen molar-refractivity contribution in [1.29, 1.82) is 0 Å². The van der Waals surface area contributed by atoms with E-state index in [9.17, 15) is 9.18 Å². The Morgan fingerprint density at radius 1 is 1.40 bits per heavy atom. The number of amides is 1. The van der Waals surface area contributed by atoms with E-state index in [1.807, 2.05) is 6.07 Å². The summed E-state index contributed by atoms with van der Waals surface area (Å²) < 4.78 is 14.5. The zero-order chi connectivity index (χ0) is 13.7. The predicted octanol–water partition coefficient (Wildman–Crippen LogP) is 2.66. The Kier molecular flexibility index (Phi) is 2.79. The first kappa shape index (κ1) is 12.3. The van der Waals surface area contributed by atoms with Crippen LogP contribution in [-0.2, 0) is 0 Å². The van der Waals surface area contributed by atoms with Gasteiger partial charge in [0.05, 0.1) is 0 Å². The van der Waals surface area contributed by atoms with E-state index in [2.05, 4.69) is 10.6 Å². The second-order valence-corrected chi connectivity index (χ2v) is 6.57. The number of hydrogen-bond donors (Lipinski definition) is 2. The van der Waals surface area contributed by atoms with Gasteiger partial charge in [-0.1, -0.05) is 0 Å². The molecule has 0 unspecified atom stereocenters. The Balaban J connectivity index is 1.56. The van der Waals surface area contributed by atoms with Crippen molar-refractivity contribution < 1.29 is 9.18 Å². The number of benzene rings is 1. The van der Waals surface area contributed by atoms with Crippen LogP contribution in [0.5, 0.6) is 0 Å². The molecule has 104 valence electrons. The maximum absolute atomic E-state index is 13.6. The molecule has 0 aliphatic carbocycles. The van der Waals surface area contributed by atoms with Crippen LogP contribution in [-0.4, -0.2) is 24.0 Å². The lowest BCUT2D eigenvalue weighted by Gasteiger charge is -2.21. The molecule has 2 bridgehead atoms. The summed E-state index contributed by atoms with van der Waals surface area (Å²) in [5, 5.41) is 8.59. The highest BCUT2D eigenvalue weighted by Crippen LogP contribution is 2.29. The van der Waals surface area contributed by atoms with E-state index >= 15 is 0 Å². The molecule has 1 aromatic heterocycles. The van der Waals surface area contributed by atoms with Crippen molar-refractivity contribution in [2.24, 2.45) is 0 Å². The van der Waals surface area contributed by atoms with E-state index in [-0.39, 0.29) is 17.8 Å². The zero-order valence-corrected chi connectivity index (χ0v) is 11.7. The first-order valence-corrected chi connectivity index (χ1v) is 7.82. The second kappa shape index (κ2) is 4.53. The first-order chi connectivity index (χ1) is 9.70. The van der Waals surface area contributed by atoms with Crippen molar-refractivity contribution >= 4 is 27.3 Å². The summed E-state index contributed by atoms with van der Waals surface area (Å²) in [4.78, 5) is 12.3. The molecule has 0 saturated carbocycles. The number of fused-ring (bicyclic) bond motifs is 3. The molecular formula is C15H15FN2OS. The summed E-state index contributed by atoms with van der Waals surface area (Å²) in [7, 11) is 0. The topological polar surface area (TPSA) is 41.1 Å². The molecule has 0 radical (unpaired) electrons. The quantitative estimate of drug-likeness (QED) is 0.893. The van der Waals surface area contributed by atoms with Gasteiger partial charge in [0.15, 0.2) is 0 Å². The first-order valence-electron chi connectivity index (χ1n) is 6.94. The molecule has 2 N–H and O–H groups in total. The highest BCUT2D eigenvalue weighted by atomic mass is 32.1. The molecule has 0 spiro atoms. The summed E-state index contributed by atoms with van der Waals surface area (Å²) in [5.74, 6) is -0.349. The van der Waals surface area contributed by atoms with Crippen molar-refractivity contribution in [3.8, 4) is 0 Å². The van der Waals surface area contributed by atoms with Gasteiger partial charge in [-0.15, -0.1) is 11.3 Å². The highest BCUT2D eigenvalue weighted by molar-refractivity contribution is 7.17. The van der Waals surface area contributed by atoms with Crippen LogP contribution in [0, 0.1) is 5.82 Å². The van der Waals surface area contributed by atoms with Crippen molar-refractivity contribution in [2.45, 2.75) is 37.4 Å². The smallest absolute Gasteiger partial charge is 0.251 e. The Morgan fingerprint density at radius 2 is 2.30 bits per heavy atom. The third-order valence-corrected chi connectivity index (χ3v) is 5.34. The van der Waals surface area contributed by atoms with Crippen molar-refractivity contribution in [1.82, 2.24) is 10.6 Å². The summed E-state index contributed by atoms with van der Waals surface area (Å²) in [5.41, 5.74) is 0.539. The summed E-state index contributed by atoms with van der Waals surface area (Å²) in [6, 6.07) is 6.42. The molecule has 2 aliphatic rings. The maximum Gasteiger partial charge on any atom is 0.251 e. The van der Waals surface area contributed by atoms with Gasteiger partial charge in [0, 0.05) is 39.2 Å². The van der Waals surface area contributed by atoms with Gasteiger partial charge < -0.3 is 10.6 Å². The van der Waals surface area contributed by atoms with Gasteiger partial charge in [0.1, 0.15) is 5.82 Å². The molecule has 3 atom stereocenters. The summed E-state index contributed by atoms with van der Waals surface area (Å²) in [6.07, 6.45) is 3.35. The number of thiophene rings is 1. The number of hydrogen-bond acceptors (Lipinski definition) is 3. The van der Waals surface area contributed by atoms with Gasteiger partial charge in [-0.25, -0.2) is 4.39 Å². The average Bonchev–Trinajstić information content (AvgIpc) is 3.15. The van der Waals surface area contributed by atoms with Crippen molar-refractivity contribution in [2.75, 3.05) is 0 Å². The average molecular weight is 290 g/mol. The van der Waals surface area contributed by atoms with Gasteiger partial charge in [-0.05, 0) is 37.5 Å². The summed E-state index contributed by atoms with van der Waals surface area (Å²) in [6.45, 7) is 0. The lowest BCUT2D eigenvalue weighted by atomic mass is 9.95. The summed E-state index contributed by atoms with van der Waals surface area (Å²) >= 11 is 1.36. The van der Waals surface area contributed by atoms with Crippen molar-refractivity contribution in [3.05, 3.63) is 35.0 Å². The fraction of sp³-hybridized carbons (Fsp3) is 0.400. The number of carbonyl (C=O) groups excluding carboxylic acids is 1. The molecule has 3 nitrogen and oxygen atoms in total. The van der Waals surface area contributed by atoms with Crippen molar-refractivity contribution in [3.63, 3.8) is 0 Å². The molecule has 2 saturated heterocycles. The third-order valence-electron chi connectivity index (χ3n) is 4.40. The van der Waals surface area contributed by atoms with Gasteiger partial charge >= 0.3 is 0 Å². The minimum atomic E-state index is -0.249. The molecule has 4 rings (SSSR count). The Morgan fingerprint density at radius 3 is 3.05 bits per heavy atom. The normalized spacial score (nSPS) is 28.1. The molecule has 2 aromatic rings. The van der Waals surface area contributed by atoms with E-state index in [0.717, 1.165) is 17.5 Å². The monoisotopic (exact) mass is 290 g/mol. The number of rotatable bonds is 2. The minimum absolute atomic E-state index is 0.100. The number of nitrogens with one attached hydrogen (secondary N) is 2. The van der Waals surface area contributed by atoms with Crippen LogP contribution in [0.2, 0.25) is 0 Å². The molecule has 5 heteroatoms. The molecule has 2 fully saturated rings. The lowest BCUT2D eigenvalue weighted by Crippen LogP contribution is -2.42.